The number of hydrogen-bond acceptors (Lipinski definition) is 3. The molecular weight excluding hydrogens is 455 g/mol. The van der Waals surface area contributed by atoms with Crippen LogP contribution in [-0.4, -0.2) is 18.2 Å². The summed E-state index contributed by atoms with van der Waals surface area (Å²) in [5, 5.41) is 9.35. The van der Waals surface area contributed by atoms with E-state index < -0.39 is 5.97 Å². The van der Waals surface area contributed by atoms with Crippen molar-refractivity contribution in [1.82, 2.24) is 0 Å². The number of halogens is 1. The van der Waals surface area contributed by atoms with Gasteiger partial charge in [-0.1, -0.05) is 70.9 Å². The Bertz CT molecular complexity index is 1180. The van der Waals surface area contributed by atoms with Crippen molar-refractivity contribution in [3.05, 3.63) is 83.2 Å². The minimum Gasteiger partial charge on any atom is -0.497 e. The van der Waals surface area contributed by atoms with Crippen LogP contribution in [0.25, 0.3) is 11.1 Å². The number of benzene rings is 3. The summed E-state index contributed by atoms with van der Waals surface area (Å²) in [7, 11) is 1.57. The minimum absolute atomic E-state index is 0.0319. The number of carbonyl (C=O) groups is 1. The molecule has 0 aliphatic heterocycles. The summed E-state index contributed by atoms with van der Waals surface area (Å²) < 4.78 is 26.2. The molecule has 0 heterocycles. The third kappa shape index (κ3) is 7.09. The fourth-order valence-corrected chi connectivity index (χ4v) is 4.45. The van der Waals surface area contributed by atoms with Crippen LogP contribution in [-0.2, 0) is 16.8 Å². The number of ether oxygens (including phenoxy) is 2. The maximum Gasteiger partial charge on any atom is 0.303 e. The van der Waals surface area contributed by atoms with Gasteiger partial charge in [0.2, 0.25) is 0 Å². The minimum atomic E-state index is -0.787. The average Bonchev–Trinajstić information content (AvgIpc) is 2.85. The van der Waals surface area contributed by atoms with Gasteiger partial charge in [0, 0.05) is 5.56 Å². The monoisotopic (exact) mass is 492 g/mol. The molecule has 0 saturated carbocycles. The van der Waals surface area contributed by atoms with Crippen LogP contribution < -0.4 is 9.47 Å². The first-order valence-corrected chi connectivity index (χ1v) is 12.5. The van der Waals surface area contributed by atoms with Crippen LogP contribution in [0.4, 0.5) is 4.39 Å². The fourth-order valence-electron chi connectivity index (χ4n) is 4.45. The summed E-state index contributed by atoms with van der Waals surface area (Å²) in [6.07, 6.45) is 2.96. The molecule has 36 heavy (non-hydrogen) atoms. The van der Waals surface area contributed by atoms with E-state index in [4.69, 9.17) is 9.47 Å². The maximum atomic E-state index is 14.8. The smallest absolute Gasteiger partial charge is 0.303 e. The van der Waals surface area contributed by atoms with E-state index in [-0.39, 0.29) is 23.6 Å². The standard InChI is InChI=1S/C31H37FO4/c1-6-7-9-23(18-30(33)34)22-10-8-11-25(17-22)36-20-21-12-14-26(28(16-21)31(2,3)4)27-19-24(35-5)13-15-29(27)32/h8,10-17,19,23H,6-7,9,18,20H2,1-5H3,(H,33,34)/t23-/m1/s1. The number of aliphatic carboxylic acids is 1. The number of rotatable bonds is 11. The molecule has 0 aliphatic carbocycles. The third-order valence-electron chi connectivity index (χ3n) is 6.42. The Kier molecular flexibility index (Phi) is 9.14. The van der Waals surface area contributed by atoms with Gasteiger partial charge >= 0.3 is 5.97 Å². The van der Waals surface area contributed by atoms with E-state index in [9.17, 15) is 14.3 Å². The second kappa shape index (κ2) is 12.1. The summed E-state index contributed by atoms with van der Waals surface area (Å²) in [4.78, 5) is 11.4. The number of carboxylic acid groups (broad SMARTS) is 1. The normalized spacial score (nSPS) is 12.3. The van der Waals surface area contributed by atoms with Gasteiger partial charge in [-0.2, -0.15) is 0 Å². The van der Waals surface area contributed by atoms with Crippen molar-refractivity contribution in [2.45, 2.75) is 71.3 Å². The molecule has 5 heteroatoms. The van der Waals surface area contributed by atoms with Crippen molar-refractivity contribution in [2.75, 3.05) is 7.11 Å². The number of unbranched alkanes of at least 4 members (excludes halogenated alkanes) is 1. The van der Waals surface area contributed by atoms with Crippen molar-refractivity contribution in [2.24, 2.45) is 0 Å². The van der Waals surface area contributed by atoms with Gasteiger partial charge in [-0.3, -0.25) is 4.79 Å². The Morgan fingerprint density at radius 3 is 2.44 bits per heavy atom. The molecule has 3 aromatic rings. The Morgan fingerprint density at radius 2 is 1.78 bits per heavy atom. The molecule has 1 atom stereocenters. The van der Waals surface area contributed by atoms with E-state index in [1.165, 1.54) is 6.07 Å². The van der Waals surface area contributed by atoms with Crippen molar-refractivity contribution >= 4 is 5.97 Å². The molecule has 0 radical (unpaired) electrons. The Balaban J connectivity index is 1.85. The van der Waals surface area contributed by atoms with Crippen LogP contribution in [0.5, 0.6) is 11.5 Å². The Labute approximate surface area is 214 Å². The van der Waals surface area contributed by atoms with E-state index in [1.54, 1.807) is 19.2 Å². The molecule has 0 aromatic heterocycles. The molecule has 192 valence electrons. The molecule has 3 rings (SSSR count). The van der Waals surface area contributed by atoms with E-state index in [0.717, 1.165) is 41.5 Å². The lowest BCUT2D eigenvalue weighted by molar-refractivity contribution is -0.137. The molecule has 4 nitrogen and oxygen atoms in total. The van der Waals surface area contributed by atoms with Crippen LogP contribution >= 0.6 is 0 Å². The zero-order valence-electron chi connectivity index (χ0n) is 21.9. The largest absolute Gasteiger partial charge is 0.497 e. The number of hydrogen-bond donors (Lipinski definition) is 1. The Morgan fingerprint density at radius 1 is 1.00 bits per heavy atom. The van der Waals surface area contributed by atoms with Crippen LogP contribution in [0.15, 0.2) is 60.7 Å². The fraction of sp³-hybridized carbons (Fsp3) is 0.387. The van der Waals surface area contributed by atoms with Gasteiger partial charge in [0.05, 0.1) is 13.5 Å². The zero-order chi connectivity index (χ0) is 26.3. The SMILES string of the molecule is CCCC[C@H](CC(=O)O)c1cccc(OCc2ccc(-c3cc(OC)ccc3F)c(C(C)(C)C)c2)c1. The second-order valence-corrected chi connectivity index (χ2v) is 10.3. The predicted molar refractivity (Wildman–Crippen MR) is 142 cm³/mol. The topological polar surface area (TPSA) is 55.8 Å². The molecule has 3 aromatic carbocycles. The van der Waals surface area contributed by atoms with E-state index >= 15 is 0 Å². The van der Waals surface area contributed by atoms with E-state index in [0.29, 0.717) is 23.7 Å². The van der Waals surface area contributed by atoms with Gasteiger partial charge in [0.15, 0.2) is 0 Å². The summed E-state index contributed by atoms with van der Waals surface area (Å²) in [5.41, 5.74) is 4.11. The summed E-state index contributed by atoms with van der Waals surface area (Å²) in [6, 6.07) is 18.5. The quantitative estimate of drug-likeness (QED) is 0.294. The first-order valence-electron chi connectivity index (χ1n) is 12.5. The zero-order valence-corrected chi connectivity index (χ0v) is 21.9. The van der Waals surface area contributed by atoms with Crippen LogP contribution in [0.1, 0.15) is 76.0 Å². The Hall–Kier alpha value is -3.34. The maximum absolute atomic E-state index is 14.8. The van der Waals surface area contributed by atoms with Gasteiger partial charge in [-0.15, -0.1) is 0 Å². The van der Waals surface area contributed by atoms with Crippen LogP contribution in [0, 0.1) is 5.82 Å². The highest BCUT2D eigenvalue weighted by molar-refractivity contribution is 5.71. The molecule has 1 N–H and O–H groups in total. The number of carboxylic acids is 1. The summed E-state index contributed by atoms with van der Waals surface area (Å²) >= 11 is 0. The first-order chi connectivity index (χ1) is 17.1. The van der Waals surface area contributed by atoms with Gasteiger partial charge in [0.1, 0.15) is 23.9 Å². The van der Waals surface area contributed by atoms with Gasteiger partial charge in [-0.05, 0) is 70.3 Å². The molecule has 0 aliphatic rings. The van der Waals surface area contributed by atoms with Crippen LogP contribution in [0.3, 0.4) is 0 Å². The lowest BCUT2D eigenvalue weighted by atomic mass is 9.81. The van der Waals surface area contributed by atoms with Gasteiger partial charge in [0.25, 0.3) is 0 Å². The molecular formula is C31H37FO4. The average molecular weight is 493 g/mol. The second-order valence-electron chi connectivity index (χ2n) is 10.3. The highest BCUT2D eigenvalue weighted by atomic mass is 19.1. The van der Waals surface area contributed by atoms with Crippen LogP contribution in [0.2, 0.25) is 0 Å². The highest BCUT2D eigenvalue weighted by Crippen LogP contribution is 2.37. The summed E-state index contributed by atoms with van der Waals surface area (Å²) in [5.74, 6) is 0.208. The van der Waals surface area contributed by atoms with E-state index in [2.05, 4.69) is 33.8 Å². The molecule has 0 spiro atoms. The lowest BCUT2D eigenvalue weighted by Crippen LogP contribution is -2.14. The van der Waals surface area contributed by atoms with Crippen molar-refractivity contribution in [1.29, 1.82) is 0 Å². The predicted octanol–water partition coefficient (Wildman–Crippen LogP) is 8.13. The third-order valence-corrected chi connectivity index (χ3v) is 6.42. The van der Waals surface area contributed by atoms with E-state index in [1.807, 2.05) is 36.4 Å². The lowest BCUT2D eigenvalue weighted by Gasteiger charge is -2.25. The van der Waals surface area contributed by atoms with Crippen molar-refractivity contribution in [3.8, 4) is 22.6 Å². The highest BCUT2D eigenvalue weighted by Gasteiger charge is 2.22. The molecule has 0 unspecified atom stereocenters. The van der Waals surface area contributed by atoms with Gasteiger partial charge < -0.3 is 14.6 Å². The number of methoxy groups -OCH3 is 1. The van der Waals surface area contributed by atoms with Crippen molar-refractivity contribution in [3.63, 3.8) is 0 Å². The molecule has 0 bridgehead atoms. The molecule has 0 saturated heterocycles. The molecule has 0 amide bonds. The van der Waals surface area contributed by atoms with Crippen molar-refractivity contribution < 1.29 is 23.8 Å². The molecule has 0 fully saturated rings. The van der Waals surface area contributed by atoms with Gasteiger partial charge in [-0.25, -0.2) is 4.39 Å². The first kappa shape index (κ1) is 27.3. The summed E-state index contributed by atoms with van der Waals surface area (Å²) in [6.45, 7) is 8.79.